The van der Waals surface area contributed by atoms with Crippen LogP contribution in [0.15, 0.2) is 60.8 Å². The molecule has 0 spiro atoms. The Morgan fingerprint density at radius 2 is 1.67 bits per heavy atom. The first-order chi connectivity index (χ1) is 18.8. The van der Waals surface area contributed by atoms with Gasteiger partial charge >= 0.3 is 0 Å². The van der Waals surface area contributed by atoms with Crippen LogP contribution in [0.4, 0.5) is 5.69 Å². The molecule has 4 atom stereocenters. The number of carbonyl (C=O) groups is 3. The number of anilines is 1. The standard InChI is InChI=1S/C30H26ClN5O3/c31-21-5-1-18(2-6-21)28(38)33-22-7-3-17(4-8-22)27-34-23-11-24(32-15-25(23)35-27)29(39)36-30-12-16-9-19(13-30)26(37)20(10-16)14-30/h1-8,11,15-16,19-20H,9-10,12-14H2,(H,33,38)(H,34,35)(H,36,39)/t16?,19-,20+,30?. The number of imidazole rings is 1. The number of H-pyrrole nitrogens is 1. The molecule has 0 saturated heterocycles. The van der Waals surface area contributed by atoms with Crippen LogP contribution in [0.25, 0.3) is 22.4 Å². The third-order valence-electron chi connectivity index (χ3n) is 8.50. The van der Waals surface area contributed by atoms with Crippen molar-refractivity contribution < 1.29 is 14.4 Å². The summed E-state index contributed by atoms with van der Waals surface area (Å²) in [6, 6.07) is 15.8. The van der Waals surface area contributed by atoms with Crippen LogP contribution < -0.4 is 10.6 Å². The Morgan fingerprint density at radius 3 is 2.38 bits per heavy atom. The number of nitrogens with zero attached hydrogens (tertiary/aromatic N) is 2. The number of amides is 2. The number of hydrogen-bond donors (Lipinski definition) is 3. The first kappa shape index (κ1) is 24.0. The highest BCUT2D eigenvalue weighted by molar-refractivity contribution is 6.30. The van der Waals surface area contributed by atoms with Gasteiger partial charge in [0.05, 0.1) is 17.2 Å². The molecular weight excluding hydrogens is 514 g/mol. The van der Waals surface area contributed by atoms with Crippen LogP contribution in [-0.4, -0.2) is 38.1 Å². The van der Waals surface area contributed by atoms with Crippen molar-refractivity contribution in [2.75, 3.05) is 5.32 Å². The maximum Gasteiger partial charge on any atom is 0.270 e. The van der Waals surface area contributed by atoms with E-state index in [1.807, 2.05) is 24.3 Å². The Morgan fingerprint density at radius 1 is 0.949 bits per heavy atom. The van der Waals surface area contributed by atoms with Gasteiger partial charge in [-0.15, -0.1) is 0 Å². The van der Waals surface area contributed by atoms with Crippen molar-refractivity contribution in [2.45, 2.75) is 37.6 Å². The number of Topliss-reactive ketones (excluding diaryl/α,β-unsaturated/α-hetero) is 1. The number of halogens is 1. The summed E-state index contributed by atoms with van der Waals surface area (Å²) in [5, 5.41) is 6.72. The second-order valence-electron chi connectivity index (χ2n) is 11.2. The predicted molar refractivity (Wildman–Crippen MR) is 147 cm³/mol. The van der Waals surface area contributed by atoms with Gasteiger partial charge in [0.25, 0.3) is 11.8 Å². The number of rotatable bonds is 5. The average molecular weight is 540 g/mol. The van der Waals surface area contributed by atoms with E-state index in [0.29, 0.717) is 45.0 Å². The van der Waals surface area contributed by atoms with Gasteiger partial charge in [-0.1, -0.05) is 11.6 Å². The van der Waals surface area contributed by atoms with Gasteiger partial charge in [-0.2, -0.15) is 0 Å². The van der Waals surface area contributed by atoms with Crippen LogP contribution in [0.3, 0.4) is 0 Å². The van der Waals surface area contributed by atoms with Crippen molar-refractivity contribution in [2.24, 2.45) is 17.8 Å². The molecule has 4 fully saturated rings. The predicted octanol–water partition coefficient (Wildman–Crippen LogP) is 5.41. The largest absolute Gasteiger partial charge is 0.345 e. The third-order valence-corrected chi connectivity index (χ3v) is 8.75. The monoisotopic (exact) mass is 539 g/mol. The first-order valence-corrected chi connectivity index (χ1v) is 13.6. The highest BCUT2D eigenvalue weighted by atomic mass is 35.5. The molecule has 4 aliphatic carbocycles. The summed E-state index contributed by atoms with van der Waals surface area (Å²) in [5.74, 6) is 1.32. The van der Waals surface area contributed by atoms with Gasteiger partial charge in [-0.3, -0.25) is 14.4 Å². The number of aromatic amines is 1. The van der Waals surface area contributed by atoms with Crippen molar-refractivity contribution in [3.8, 4) is 11.4 Å². The van der Waals surface area contributed by atoms with Crippen LogP contribution >= 0.6 is 11.6 Å². The molecule has 4 aromatic rings. The molecule has 2 heterocycles. The minimum atomic E-state index is -0.292. The van der Waals surface area contributed by atoms with Crippen LogP contribution in [0, 0.1) is 17.8 Å². The van der Waals surface area contributed by atoms with E-state index in [4.69, 9.17) is 11.6 Å². The van der Waals surface area contributed by atoms with Crippen molar-refractivity contribution in [1.29, 1.82) is 0 Å². The quantitative estimate of drug-likeness (QED) is 0.313. The van der Waals surface area contributed by atoms with Crippen molar-refractivity contribution in [1.82, 2.24) is 20.3 Å². The molecule has 196 valence electrons. The van der Waals surface area contributed by atoms with Crippen LogP contribution in [0.1, 0.15) is 53.0 Å². The number of pyridine rings is 1. The van der Waals surface area contributed by atoms with Gasteiger partial charge in [-0.05, 0) is 92.6 Å². The second-order valence-corrected chi connectivity index (χ2v) is 11.6. The Bertz CT molecular complexity index is 1610. The number of benzene rings is 2. The minimum Gasteiger partial charge on any atom is -0.345 e. The Kier molecular flexibility index (Phi) is 5.56. The summed E-state index contributed by atoms with van der Waals surface area (Å²) in [5.41, 5.74) is 3.40. The molecule has 4 bridgehead atoms. The third kappa shape index (κ3) is 4.38. The minimum absolute atomic E-state index is 0.0954. The van der Waals surface area contributed by atoms with Gasteiger partial charge in [-0.25, -0.2) is 9.97 Å². The lowest BCUT2D eigenvalue weighted by molar-refractivity contribution is -0.142. The van der Waals surface area contributed by atoms with Gasteiger partial charge in [0.2, 0.25) is 0 Å². The van der Waals surface area contributed by atoms with Gasteiger partial charge in [0, 0.05) is 39.2 Å². The average Bonchev–Trinajstić information content (AvgIpc) is 3.35. The topological polar surface area (TPSA) is 117 Å². The normalized spacial score (nSPS) is 25.2. The Hall–Kier alpha value is -4.04. The van der Waals surface area contributed by atoms with Crippen LogP contribution in [-0.2, 0) is 4.79 Å². The maximum atomic E-state index is 13.2. The zero-order valence-electron chi connectivity index (χ0n) is 21.0. The number of nitrogens with one attached hydrogen (secondary N) is 3. The number of aromatic nitrogens is 3. The summed E-state index contributed by atoms with van der Waals surface area (Å²) >= 11 is 5.90. The van der Waals surface area contributed by atoms with E-state index in [2.05, 4.69) is 25.6 Å². The van der Waals surface area contributed by atoms with Gasteiger partial charge < -0.3 is 15.6 Å². The maximum absolute atomic E-state index is 13.2. The first-order valence-electron chi connectivity index (χ1n) is 13.2. The molecule has 0 aliphatic heterocycles. The molecule has 4 saturated carbocycles. The number of hydrogen-bond acceptors (Lipinski definition) is 5. The lowest BCUT2D eigenvalue weighted by atomic mass is 9.52. The molecule has 2 aromatic heterocycles. The number of fused-ring (bicyclic) bond motifs is 1. The molecular formula is C30H26ClN5O3. The summed E-state index contributed by atoms with van der Waals surface area (Å²) in [6.45, 7) is 0. The Balaban J connectivity index is 1.06. The van der Waals surface area contributed by atoms with E-state index in [0.717, 1.165) is 43.2 Å². The molecule has 39 heavy (non-hydrogen) atoms. The molecule has 9 heteroatoms. The SMILES string of the molecule is O=C(Nc1ccc(-c2nc3cc(C(=O)NC45CC6C[C@H](C4)C(=O)[C@@H](C6)C5)ncc3[nH]2)cc1)c1ccc(Cl)cc1. The summed E-state index contributed by atoms with van der Waals surface area (Å²) in [6.07, 6.45) is 6.02. The van der Waals surface area contributed by atoms with Gasteiger partial charge in [0.1, 0.15) is 17.3 Å². The summed E-state index contributed by atoms with van der Waals surface area (Å²) in [4.78, 5) is 50.6. The number of ketones is 1. The van der Waals surface area contributed by atoms with Crippen molar-refractivity contribution >= 4 is 45.9 Å². The Labute approximate surface area is 229 Å². The summed E-state index contributed by atoms with van der Waals surface area (Å²) in [7, 11) is 0. The molecule has 2 aromatic carbocycles. The highest BCUT2D eigenvalue weighted by Crippen LogP contribution is 2.54. The highest BCUT2D eigenvalue weighted by Gasteiger charge is 2.55. The molecule has 8 nitrogen and oxygen atoms in total. The van der Waals surface area contributed by atoms with E-state index in [9.17, 15) is 14.4 Å². The molecule has 2 unspecified atom stereocenters. The van der Waals surface area contributed by atoms with E-state index < -0.39 is 0 Å². The molecule has 0 radical (unpaired) electrons. The van der Waals surface area contributed by atoms with Crippen LogP contribution in [0.2, 0.25) is 5.02 Å². The smallest absolute Gasteiger partial charge is 0.270 e. The van der Waals surface area contributed by atoms with Crippen molar-refractivity contribution in [3.05, 3.63) is 77.1 Å². The lowest BCUT2D eigenvalue weighted by Gasteiger charge is -2.55. The summed E-state index contributed by atoms with van der Waals surface area (Å²) < 4.78 is 0. The zero-order valence-corrected chi connectivity index (χ0v) is 21.8. The fraction of sp³-hybridized carbons (Fsp3) is 0.300. The van der Waals surface area contributed by atoms with Crippen LogP contribution in [0.5, 0.6) is 0 Å². The zero-order chi connectivity index (χ0) is 26.7. The molecule has 4 aliphatic rings. The fourth-order valence-electron chi connectivity index (χ4n) is 6.89. The van der Waals surface area contributed by atoms with E-state index in [-0.39, 0.29) is 29.2 Å². The lowest BCUT2D eigenvalue weighted by Crippen LogP contribution is -2.62. The van der Waals surface area contributed by atoms with E-state index in [1.54, 1.807) is 36.5 Å². The van der Waals surface area contributed by atoms with Gasteiger partial charge in [0.15, 0.2) is 0 Å². The molecule has 3 N–H and O–H groups in total. The fourth-order valence-corrected chi connectivity index (χ4v) is 7.02. The van der Waals surface area contributed by atoms with E-state index in [1.165, 1.54) is 0 Å². The van der Waals surface area contributed by atoms with E-state index >= 15 is 0 Å². The number of carbonyl (C=O) groups excluding carboxylic acids is 3. The molecule has 8 rings (SSSR count). The molecule has 2 amide bonds. The van der Waals surface area contributed by atoms with Crippen molar-refractivity contribution in [3.63, 3.8) is 0 Å². The second kappa shape index (κ2) is 9.02.